The largest absolute Gasteiger partial charge is 0.456 e. The summed E-state index contributed by atoms with van der Waals surface area (Å²) in [6.07, 6.45) is 2.08. The summed E-state index contributed by atoms with van der Waals surface area (Å²) in [4.78, 5) is 37.7. The van der Waals surface area contributed by atoms with Gasteiger partial charge in [-0.05, 0) is 42.3 Å². The molecule has 9 nitrogen and oxygen atoms in total. The molecule has 0 bridgehead atoms. The molecule has 0 atom stereocenters. The van der Waals surface area contributed by atoms with Crippen molar-refractivity contribution in [3.63, 3.8) is 0 Å². The number of benzene rings is 3. The third-order valence-electron chi connectivity index (χ3n) is 6.20. The Hall–Kier alpha value is -5.53. The molecule has 2 aromatic heterocycles. The van der Waals surface area contributed by atoms with Gasteiger partial charge in [-0.15, -0.1) is 11.3 Å². The lowest BCUT2D eigenvalue weighted by Crippen LogP contribution is -2.34. The number of aromatic nitrogens is 1. The first-order chi connectivity index (χ1) is 20.0. The molecule has 1 amide bonds. The zero-order valence-electron chi connectivity index (χ0n) is 21.5. The molecule has 0 unspecified atom stereocenters. The quantitative estimate of drug-likeness (QED) is 0.225. The first-order valence-corrected chi connectivity index (χ1v) is 13.4. The van der Waals surface area contributed by atoms with E-state index in [1.165, 1.54) is 16.7 Å². The first-order valence-electron chi connectivity index (χ1n) is 12.6. The summed E-state index contributed by atoms with van der Waals surface area (Å²) < 4.78 is 7.58. The van der Waals surface area contributed by atoms with E-state index >= 15 is 0 Å². The van der Waals surface area contributed by atoms with Crippen LogP contribution in [0, 0.1) is 21.4 Å². The van der Waals surface area contributed by atoms with Crippen LogP contribution in [0.4, 0.5) is 5.69 Å². The molecular weight excluding hydrogens is 540 g/mol. The van der Waals surface area contributed by atoms with E-state index in [1.54, 1.807) is 60.7 Å². The smallest absolute Gasteiger partial charge is 0.280 e. The van der Waals surface area contributed by atoms with Gasteiger partial charge in [0.2, 0.25) is 0 Å². The second kappa shape index (κ2) is 12.1. The van der Waals surface area contributed by atoms with Gasteiger partial charge >= 0.3 is 0 Å². The fraction of sp³-hybridized carbons (Fsp3) is 0.0645. The van der Waals surface area contributed by atoms with E-state index in [9.17, 15) is 25.0 Å². The van der Waals surface area contributed by atoms with Crippen LogP contribution in [0.3, 0.4) is 0 Å². The topological polar surface area (TPSA) is 131 Å². The second-order valence-electron chi connectivity index (χ2n) is 8.85. The van der Waals surface area contributed by atoms with Gasteiger partial charge in [-0.2, -0.15) is 5.26 Å². The predicted octanol–water partition coefficient (Wildman–Crippen LogP) is 3.93. The second-order valence-corrected chi connectivity index (χ2v) is 9.88. The van der Waals surface area contributed by atoms with Crippen molar-refractivity contribution in [3.8, 4) is 23.1 Å². The van der Waals surface area contributed by atoms with Gasteiger partial charge < -0.3 is 9.73 Å². The Balaban J connectivity index is 1.57. The van der Waals surface area contributed by atoms with Crippen molar-refractivity contribution in [2.24, 2.45) is 0 Å². The van der Waals surface area contributed by atoms with Crippen LogP contribution in [0.5, 0.6) is 0 Å². The minimum absolute atomic E-state index is 0.107. The number of nitrogens with zero attached hydrogens (tertiary/aromatic N) is 3. The highest BCUT2D eigenvalue weighted by molar-refractivity contribution is 7.07. The minimum atomic E-state index is -0.586. The van der Waals surface area contributed by atoms with Crippen molar-refractivity contribution >= 4 is 34.6 Å². The minimum Gasteiger partial charge on any atom is -0.456 e. The maximum absolute atomic E-state index is 13.6. The molecule has 5 rings (SSSR count). The number of nitriles is 1. The number of hydrogen-bond donors (Lipinski definition) is 1. The Bertz CT molecular complexity index is 1950. The summed E-state index contributed by atoms with van der Waals surface area (Å²) >= 11 is 0.986. The molecule has 10 heteroatoms. The molecule has 202 valence electrons. The van der Waals surface area contributed by atoms with E-state index in [4.69, 9.17) is 4.42 Å². The molecule has 41 heavy (non-hydrogen) atoms. The Morgan fingerprint density at radius 1 is 1.00 bits per heavy atom. The molecule has 0 fully saturated rings. The molecule has 3 aromatic carbocycles. The van der Waals surface area contributed by atoms with Gasteiger partial charge in [-0.1, -0.05) is 60.7 Å². The van der Waals surface area contributed by atoms with E-state index in [0.717, 1.165) is 16.9 Å². The van der Waals surface area contributed by atoms with E-state index in [2.05, 4.69) is 5.32 Å². The normalized spacial score (nSPS) is 12.0. The van der Waals surface area contributed by atoms with Crippen molar-refractivity contribution in [1.82, 2.24) is 9.88 Å². The monoisotopic (exact) mass is 562 g/mol. The number of furan rings is 1. The van der Waals surface area contributed by atoms with Crippen LogP contribution in [0.15, 0.2) is 106 Å². The van der Waals surface area contributed by atoms with Crippen molar-refractivity contribution < 1.29 is 14.1 Å². The lowest BCUT2D eigenvalue weighted by molar-refractivity contribution is -0.384. The highest BCUT2D eigenvalue weighted by Gasteiger charge is 2.19. The maximum Gasteiger partial charge on any atom is 0.280 e. The number of hydrogen-bond acceptors (Lipinski definition) is 7. The summed E-state index contributed by atoms with van der Waals surface area (Å²) in [7, 11) is 0. The number of amides is 1. The molecule has 0 saturated heterocycles. The zero-order valence-corrected chi connectivity index (χ0v) is 22.3. The van der Waals surface area contributed by atoms with Crippen LogP contribution in [0.25, 0.3) is 28.7 Å². The van der Waals surface area contributed by atoms with Crippen LogP contribution in [0.2, 0.25) is 0 Å². The lowest BCUT2D eigenvalue weighted by Gasteiger charge is -2.06. The van der Waals surface area contributed by atoms with Crippen LogP contribution in [-0.2, 0) is 11.2 Å². The number of carbonyl (C=O) groups excluding carboxylic acids is 1. The standard InChI is InChI=1S/C31H22N4O5S/c32-20-25(29(36)33-18-17-21-9-3-1-4-10-21)31-34(22-11-5-2-6-12-22)30(37)28(41-31)19-23-15-16-27(40-23)24-13-7-8-14-26(24)35(38)39/h1-16,19H,17-18H2,(H,33,36)/b28-19+,31-25-. The summed E-state index contributed by atoms with van der Waals surface area (Å²) in [6, 6.07) is 29.7. The maximum atomic E-state index is 13.6. The summed E-state index contributed by atoms with van der Waals surface area (Å²) in [6.45, 7) is 0.314. The summed E-state index contributed by atoms with van der Waals surface area (Å²) in [5, 5.41) is 24.2. The molecule has 0 aliphatic heterocycles. The van der Waals surface area contributed by atoms with Gasteiger partial charge in [0.25, 0.3) is 17.2 Å². The van der Waals surface area contributed by atoms with Crippen molar-refractivity contribution in [2.75, 3.05) is 6.54 Å². The van der Waals surface area contributed by atoms with E-state index in [-0.39, 0.29) is 32.0 Å². The number of para-hydroxylation sites is 2. The van der Waals surface area contributed by atoms with Gasteiger partial charge in [-0.25, -0.2) is 0 Å². The highest BCUT2D eigenvalue weighted by Crippen LogP contribution is 2.30. The third kappa shape index (κ3) is 5.90. The van der Waals surface area contributed by atoms with Crippen LogP contribution < -0.4 is 20.1 Å². The van der Waals surface area contributed by atoms with Gasteiger partial charge in [0.1, 0.15) is 22.3 Å². The Labute approximate surface area is 237 Å². The average Bonchev–Trinajstić information content (AvgIpc) is 3.59. The Morgan fingerprint density at radius 2 is 1.68 bits per heavy atom. The highest BCUT2D eigenvalue weighted by atomic mass is 32.1. The number of thiazole rings is 1. The molecule has 2 heterocycles. The van der Waals surface area contributed by atoms with Crippen molar-refractivity contribution in [1.29, 1.82) is 5.26 Å². The van der Waals surface area contributed by atoms with Gasteiger partial charge in [0.05, 0.1) is 20.7 Å². The third-order valence-corrected chi connectivity index (χ3v) is 7.29. The molecule has 0 aliphatic rings. The molecule has 0 saturated carbocycles. The zero-order chi connectivity index (χ0) is 28.8. The van der Waals surface area contributed by atoms with E-state index < -0.39 is 16.4 Å². The number of nitro groups is 1. The lowest BCUT2D eigenvalue weighted by atomic mass is 10.1. The summed E-state index contributed by atoms with van der Waals surface area (Å²) in [5.41, 5.74) is 1.10. The molecular formula is C31H22N4O5S. The number of carbonyl (C=O) groups is 1. The molecule has 0 spiro atoms. The fourth-order valence-corrected chi connectivity index (χ4v) is 5.34. The average molecular weight is 563 g/mol. The van der Waals surface area contributed by atoms with Crippen molar-refractivity contribution in [3.05, 3.63) is 138 Å². The number of rotatable bonds is 8. The molecule has 5 aromatic rings. The fourth-order valence-electron chi connectivity index (χ4n) is 4.26. The van der Waals surface area contributed by atoms with Gasteiger partial charge in [0.15, 0.2) is 5.57 Å². The molecule has 0 aliphatic carbocycles. The first kappa shape index (κ1) is 27.1. The van der Waals surface area contributed by atoms with Gasteiger partial charge in [-0.3, -0.25) is 24.3 Å². The van der Waals surface area contributed by atoms with Gasteiger partial charge in [0, 0.05) is 18.7 Å². The van der Waals surface area contributed by atoms with Crippen molar-refractivity contribution in [2.45, 2.75) is 6.42 Å². The Morgan fingerprint density at radius 3 is 2.39 bits per heavy atom. The summed E-state index contributed by atoms with van der Waals surface area (Å²) in [5.74, 6) is -0.0301. The van der Waals surface area contributed by atoms with E-state index in [0.29, 0.717) is 24.2 Å². The number of nitrogens with one attached hydrogen (secondary N) is 1. The molecule has 0 radical (unpaired) electrons. The van der Waals surface area contributed by atoms with Crippen LogP contribution in [0.1, 0.15) is 11.3 Å². The Kier molecular flexibility index (Phi) is 7.99. The number of nitro benzene ring substituents is 1. The van der Waals surface area contributed by atoms with Crippen LogP contribution in [-0.4, -0.2) is 21.9 Å². The predicted molar refractivity (Wildman–Crippen MR) is 156 cm³/mol. The molecule has 1 N–H and O–H groups in total. The SMILES string of the molecule is N#C/C(C(=O)NCCc1ccccc1)=c1/s/c(=C/c2ccc(-c3ccccc3[N+](=O)[O-])o2)c(=O)n1-c1ccccc1. The van der Waals surface area contributed by atoms with Crippen LogP contribution >= 0.6 is 11.3 Å². The van der Waals surface area contributed by atoms with E-state index in [1.807, 2.05) is 36.4 Å².